The average Bonchev–Trinajstić information content (AvgIpc) is 2.87. The second kappa shape index (κ2) is 12.1. The van der Waals surface area contributed by atoms with Crippen LogP contribution in [0.1, 0.15) is 39.9 Å². The summed E-state index contributed by atoms with van der Waals surface area (Å²) in [4.78, 5) is 17.9. The zero-order valence-corrected chi connectivity index (χ0v) is 21.1. The molecule has 1 aliphatic heterocycles. The lowest BCUT2D eigenvalue weighted by Crippen LogP contribution is -2.48. The number of carbonyl (C=O) groups is 1. The first-order chi connectivity index (χ1) is 16.4. The van der Waals surface area contributed by atoms with Crippen LogP contribution < -0.4 is 9.47 Å². The van der Waals surface area contributed by atoms with Gasteiger partial charge in [-0.15, -0.1) is 0 Å². The molecule has 1 saturated heterocycles. The van der Waals surface area contributed by atoms with Gasteiger partial charge in [0, 0.05) is 51.0 Å². The number of piperidine rings is 1. The third-order valence-corrected chi connectivity index (χ3v) is 6.96. The normalized spacial score (nSPS) is 14.7. The van der Waals surface area contributed by atoms with E-state index in [1.165, 1.54) is 11.1 Å². The molecular formula is C27H38N2O5. The third kappa shape index (κ3) is 6.21. The highest BCUT2D eigenvalue weighted by Crippen LogP contribution is 2.27. The molecule has 0 spiro atoms. The van der Waals surface area contributed by atoms with Gasteiger partial charge in [-0.25, -0.2) is 0 Å². The Morgan fingerprint density at radius 3 is 2.26 bits per heavy atom. The van der Waals surface area contributed by atoms with E-state index in [4.69, 9.17) is 14.2 Å². The number of phenols is 1. The lowest BCUT2D eigenvalue weighted by molar-refractivity contribution is 0.0486. The quantitative estimate of drug-likeness (QED) is 0.569. The number of carbonyl (C=O) groups excluding carboxylic acids is 1. The number of nitrogens with zero attached hydrogens (tertiary/aromatic N) is 2. The maximum Gasteiger partial charge on any atom is 0.254 e. The van der Waals surface area contributed by atoms with Gasteiger partial charge in [-0.3, -0.25) is 4.79 Å². The maximum atomic E-state index is 13.5. The van der Waals surface area contributed by atoms with Crippen molar-refractivity contribution in [1.82, 2.24) is 9.80 Å². The van der Waals surface area contributed by atoms with E-state index in [2.05, 4.69) is 11.8 Å². The van der Waals surface area contributed by atoms with Gasteiger partial charge in [0.25, 0.3) is 5.91 Å². The third-order valence-electron chi connectivity index (χ3n) is 6.96. The summed E-state index contributed by atoms with van der Waals surface area (Å²) in [6.45, 7) is 7.93. The van der Waals surface area contributed by atoms with Crippen LogP contribution >= 0.6 is 0 Å². The van der Waals surface area contributed by atoms with Crippen molar-refractivity contribution in [3.05, 3.63) is 52.6 Å². The van der Waals surface area contributed by atoms with Crippen molar-refractivity contribution in [1.29, 1.82) is 0 Å². The summed E-state index contributed by atoms with van der Waals surface area (Å²) in [5, 5.41) is 9.90. The smallest absolute Gasteiger partial charge is 0.254 e. The zero-order valence-electron chi connectivity index (χ0n) is 21.1. The van der Waals surface area contributed by atoms with Crippen LogP contribution in [-0.4, -0.2) is 81.0 Å². The summed E-state index contributed by atoms with van der Waals surface area (Å²) in [7, 11) is 4.83. The van der Waals surface area contributed by atoms with Gasteiger partial charge >= 0.3 is 0 Å². The van der Waals surface area contributed by atoms with Gasteiger partial charge in [0.2, 0.25) is 0 Å². The Morgan fingerprint density at radius 1 is 1.03 bits per heavy atom. The van der Waals surface area contributed by atoms with Crippen LogP contribution in [-0.2, 0) is 11.2 Å². The number of rotatable bonds is 10. The molecule has 0 bridgehead atoms. The van der Waals surface area contributed by atoms with Gasteiger partial charge in [-0.05, 0) is 68.0 Å². The number of phenolic OH excluding ortho intramolecular Hbond substituents is 1. The van der Waals surface area contributed by atoms with E-state index in [0.717, 1.165) is 44.5 Å². The molecule has 0 atom stereocenters. The van der Waals surface area contributed by atoms with Crippen LogP contribution in [0.4, 0.5) is 0 Å². The van der Waals surface area contributed by atoms with Crippen LogP contribution in [0.2, 0.25) is 0 Å². The van der Waals surface area contributed by atoms with Gasteiger partial charge in [-0.2, -0.15) is 0 Å². The molecule has 186 valence electrons. The van der Waals surface area contributed by atoms with E-state index in [1.807, 2.05) is 17.9 Å². The number of aromatic hydroxyl groups is 1. The molecule has 1 N–H and O–H groups in total. The van der Waals surface area contributed by atoms with Gasteiger partial charge in [0.05, 0.1) is 20.8 Å². The second-order valence-electron chi connectivity index (χ2n) is 8.91. The molecule has 1 aliphatic rings. The van der Waals surface area contributed by atoms with Gasteiger partial charge < -0.3 is 29.1 Å². The molecule has 7 nitrogen and oxygen atoms in total. The van der Waals surface area contributed by atoms with Crippen LogP contribution in [0.5, 0.6) is 17.2 Å². The Kier molecular flexibility index (Phi) is 9.19. The minimum atomic E-state index is -0.0251. The number of likely N-dealkylation sites (tertiary alicyclic amines) is 1. The van der Waals surface area contributed by atoms with Crippen molar-refractivity contribution < 1.29 is 24.1 Å². The monoisotopic (exact) mass is 470 g/mol. The Hall–Kier alpha value is -2.77. The highest BCUT2D eigenvalue weighted by Gasteiger charge is 2.29. The van der Waals surface area contributed by atoms with Crippen LogP contribution in [0.15, 0.2) is 30.3 Å². The molecule has 7 heteroatoms. The van der Waals surface area contributed by atoms with E-state index < -0.39 is 0 Å². The van der Waals surface area contributed by atoms with E-state index in [-0.39, 0.29) is 11.9 Å². The van der Waals surface area contributed by atoms with Crippen molar-refractivity contribution in [2.75, 3.05) is 54.1 Å². The van der Waals surface area contributed by atoms with Crippen molar-refractivity contribution >= 4 is 5.91 Å². The zero-order chi connectivity index (χ0) is 24.7. The first-order valence-electron chi connectivity index (χ1n) is 11.9. The second-order valence-corrected chi connectivity index (χ2v) is 8.91. The topological polar surface area (TPSA) is 71.5 Å². The number of ether oxygens (including phenoxy) is 3. The minimum Gasteiger partial charge on any atom is -0.508 e. The Morgan fingerprint density at radius 2 is 1.68 bits per heavy atom. The summed E-state index contributed by atoms with van der Waals surface area (Å²) >= 11 is 0. The highest BCUT2D eigenvalue weighted by atomic mass is 16.5. The Balaban J connectivity index is 1.64. The number of amides is 1. The first kappa shape index (κ1) is 25.8. The fourth-order valence-corrected chi connectivity index (χ4v) is 4.60. The molecule has 1 fully saturated rings. The van der Waals surface area contributed by atoms with Crippen molar-refractivity contribution in [2.24, 2.45) is 0 Å². The maximum absolute atomic E-state index is 13.5. The molecule has 2 aromatic carbocycles. The standard InChI is InChI=1S/C27H38N2O5/c1-19-20(2)26(30)7-6-21(19)8-11-28-12-9-23(10-13-28)29(14-15-32-3)27(31)22-16-24(33-4)18-25(17-22)34-5/h6-7,16-18,23,30H,8-15H2,1-5H3. The number of hydrogen-bond donors (Lipinski definition) is 1. The fraction of sp³-hybridized carbons (Fsp3) is 0.519. The van der Waals surface area contributed by atoms with E-state index >= 15 is 0 Å². The van der Waals surface area contributed by atoms with Gasteiger partial charge in [0.15, 0.2) is 0 Å². The van der Waals surface area contributed by atoms with E-state index in [0.29, 0.717) is 36.0 Å². The minimum absolute atomic E-state index is 0.0251. The lowest BCUT2D eigenvalue weighted by atomic mass is 9.98. The molecule has 34 heavy (non-hydrogen) atoms. The molecule has 0 aliphatic carbocycles. The molecule has 0 unspecified atom stereocenters. The Bertz CT molecular complexity index is 947. The van der Waals surface area contributed by atoms with Crippen molar-refractivity contribution in [3.8, 4) is 17.2 Å². The number of benzene rings is 2. The predicted octanol–water partition coefficient (Wildman–Crippen LogP) is 3.82. The molecule has 0 radical (unpaired) electrons. The van der Waals surface area contributed by atoms with E-state index in [1.54, 1.807) is 45.6 Å². The first-order valence-corrected chi connectivity index (χ1v) is 11.9. The highest BCUT2D eigenvalue weighted by molar-refractivity contribution is 5.95. The molecule has 0 aromatic heterocycles. The fourth-order valence-electron chi connectivity index (χ4n) is 4.60. The number of methoxy groups -OCH3 is 3. The molecule has 0 saturated carbocycles. The summed E-state index contributed by atoms with van der Waals surface area (Å²) in [5.74, 6) is 1.53. The average molecular weight is 471 g/mol. The largest absolute Gasteiger partial charge is 0.508 e. The summed E-state index contributed by atoms with van der Waals surface area (Å²) in [6.07, 6.45) is 2.79. The SMILES string of the molecule is COCCN(C(=O)c1cc(OC)cc(OC)c1)C1CCN(CCc2ccc(O)c(C)c2C)CC1. The van der Waals surface area contributed by atoms with Crippen LogP contribution in [0, 0.1) is 13.8 Å². The van der Waals surface area contributed by atoms with Crippen molar-refractivity contribution in [2.45, 2.75) is 39.2 Å². The van der Waals surface area contributed by atoms with Crippen molar-refractivity contribution in [3.63, 3.8) is 0 Å². The van der Waals surface area contributed by atoms with Crippen LogP contribution in [0.3, 0.4) is 0 Å². The molecule has 2 aromatic rings. The van der Waals surface area contributed by atoms with Crippen LogP contribution in [0.25, 0.3) is 0 Å². The molecule has 1 heterocycles. The lowest BCUT2D eigenvalue weighted by Gasteiger charge is -2.38. The summed E-state index contributed by atoms with van der Waals surface area (Å²) in [6, 6.07) is 9.28. The predicted molar refractivity (Wildman–Crippen MR) is 133 cm³/mol. The van der Waals surface area contributed by atoms with Gasteiger partial charge in [-0.1, -0.05) is 6.07 Å². The van der Waals surface area contributed by atoms with Gasteiger partial charge in [0.1, 0.15) is 17.2 Å². The summed E-state index contributed by atoms with van der Waals surface area (Å²) in [5.41, 5.74) is 3.96. The van der Waals surface area contributed by atoms with E-state index in [9.17, 15) is 9.90 Å². The molecule has 1 amide bonds. The molecular weight excluding hydrogens is 432 g/mol. The molecule has 3 rings (SSSR count). The number of hydrogen-bond acceptors (Lipinski definition) is 6. The Labute approximate surface area is 203 Å². The summed E-state index contributed by atoms with van der Waals surface area (Å²) < 4.78 is 16.0.